The van der Waals surface area contributed by atoms with Crippen LogP contribution in [0.2, 0.25) is 5.02 Å². The quantitative estimate of drug-likeness (QED) is 0.495. The molecule has 8 nitrogen and oxygen atoms in total. The number of anilines is 2. The third-order valence-electron chi connectivity index (χ3n) is 3.27. The van der Waals surface area contributed by atoms with E-state index >= 15 is 0 Å². The predicted octanol–water partition coefficient (Wildman–Crippen LogP) is 3.22. The third-order valence-corrected chi connectivity index (χ3v) is 3.51. The molecule has 24 heavy (non-hydrogen) atoms. The van der Waals surface area contributed by atoms with Crippen LogP contribution in [0.4, 0.5) is 17.3 Å². The first-order valence-electron chi connectivity index (χ1n) is 7.04. The molecule has 3 N–H and O–H groups in total. The molecule has 0 spiro atoms. The lowest BCUT2D eigenvalue weighted by Gasteiger charge is -2.06. The highest BCUT2D eigenvalue weighted by Gasteiger charge is 2.12. The number of aromatic amines is 2. The van der Waals surface area contributed by atoms with Crippen molar-refractivity contribution in [2.45, 2.75) is 0 Å². The van der Waals surface area contributed by atoms with E-state index in [4.69, 9.17) is 11.6 Å². The van der Waals surface area contributed by atoms with Crippen molar-refractivity contribution in [3.63, 3.8) is 0 Å². The summed E-state index contributed by atoms with van der Waals surface area (Å²) in [4.78, 5) is 19.7. The second-order valence-electron chi connectivity index (χ2n) is 4.89. The van der Waals surface area contributed by atoms with Gasteiger partial charge in [0.15, 0.2) is 11.5 Å². The van der Waals surface area contributed by atoms with Gasteiger partial charge in [0.25, 0.3) is 0 Å². The number of nitrogens with one attached hydrogen (secondary N) is 3. The van der Waals surface area contributed by atoms with Crippen LogP contribution >= 0.6 is 11.6 Å². The number of halogens is 1. The Bertz CT molecular complexity index is 1010. The maximum Gasteiger partial charge on any atom is 0.188 e. The van der Waals surface area contributed by atoms with Crippen molar-refractivity contribution in [3.8, 4) is 0 Å². The minimum Gasteiger partial charge on any atom is -0.344 e. The van der Waals surface area contributed by atoms with Gasteiger partial charge < -0.3 is 10.3 Å². The molecule has 1 aromatic carbocycles. The van der Waals surface area contributed by atoms with E-state index in [2.05, 4.69) is 40.4 Å². The monoisotopic (exact) mass is 338 g/mol. The highest BCUT2D eigenvalue weighted by molar-refractivity contribution is 6.30. The second-order valence-corrected chi connectivity index (χ2v) is 5.33. The zero-order valence-electron chi connectivity index (χ0n) is 12.2. The summed E-state index contributed by atoms with van der Waals surface area (Å²) in [5, 5.41) is 11.6. The standard InChI is InChI=1S/C15H11ClN8/c16-9-2-1-3-10(4-9)22-13-12-14(18-6-11-5-17-7-19-11)23-24-15(12)21-8-20-13/h1-8H,(H,17,19)(H2,20,21,22,23,24)/b18-6+. The Morgan fingerprint density at radius 3 is 3.04 bits per heavy atom. The van der Waals surface area contributed by atoms with E-state index < -0.39 is 0 Å². The number of aliphatic imine (C=N–C) groups is 1. The molecule has 4 rings (SSSR count). The molecule has 0 aliphatic carbocycles. The normalized spacial score (nSPS) is 11.4. The van der Waals surface area contributed by atoms with Crippen LogP contribution < -0.4 is 5.32 Å². The number of rotatable bonds is 4. The van der Waals surface area contributed by atoms with Gasteiger partial charge in [-0.25, -0.2) is 19.9 Å². The molecular formula is C15H11ClN8. The van der Waals surface area contributed by atoms with E-state index in [9.17, 15) is 0 Å². The topological polar surface area (TPSA) is 108 Å². The van der Waals surface area contributed by atoms with E-state index in [1.165, 1.54) is 6.33 Å². The van der Waals surface area contributed by atoms with Crippen molar-refractivity contribution >= 4 is 46.2 Å². The molecule has 0 unspecified atom stereocenters. The van der Waals surface area contributed by atoms with E-state index in [1.807, 2.05) is 18.2 Å². The van der Waals surface area contributed by atoms with Gasteiger partial charge in [0.1, 0.15) is 17.5 Å². The molecule has 0 bridgehead atoms. The Labute approximate surface area is 141 Å². The first-order valence-corrected chi connectivity index (χ1v) is 7.41. The summed E-state index contributed by atoms with van der Waals surface area (Å²) in [6, 6.07) is 7.37. The van der Waals surface area contributed by atoms with Crippen molar-refractivity contribution in [3.05, 3.63) is 53.8 Å². The fourth-order valence-electron chi connectivity index (χ4n) is 2.20. The average Bonchev–Trinajstić information content (AvgIpc) is 3.23. The van der Waals surface area contributed by atoms with Gasteiger partial charge in [-0.15, -0.1) is 0 Å². The zero-order chi connectivity index (χ0) is 16.4. The summed E-state index contributed by atoms with van der Waals surface area (Å²) >= 11 is 6.02. The smallest absolute Gasteiger partial charge is 0.188 e. The summed E-state index contributed by atoms with van der Waals surface area (Å²) in [6.45, 7) is 0. The lowest BCUT2D eigenvalue weighted by molar-refractivity contribution is 1.08. The van der Waals surface area contributed by atoms with Crippen molar-refractivity contribution in [1.29, 1.82) is 0 Å². The van der Waals surface area contributed by atoms with Gasteiger partial charge in [0, 0.05) is 10.7 Å². The first-order chi connectivity index (χ1) is 11.8. The van der Waals surface area contributed by atoms with Crippen LogP contribution in [0.5, 0.6) is 0 Å². The molecule has 3 aromatic heterocycles. The second kappa shape index (κ2) is 6.09. The molecule has 0 aliphatic rings. The van der Waals surface area contributed by atoms with E-state index in [1.54, 1.807) is 24.8 Å². The number of imidazole rings is 1. The number of benzene rings is 1. The minimum atomic E-state index is 0.520. The van der Waals surface area contributed by atoms with Crippen LogP contribution in [0.3, 0.4) is 0 Å². The first kappa shape index (κ1) is 14.3. The van der Waals surface area contributed by atoms with Gasteiger partial charge in [-0.2, -0.15) is 5.10 Å². The van der Waals surface area contributed by atoms with Crippen molar-refractivity contribution in [2.24, 2.45) is 4.99 Å². The van der Waals surface area contributed by atoms with Crippen LogP contribution in [0.15, 0.2) is 48.1 Å². The maximum atomic E-state index is 6.02. The van der Waals surface area contributed by atoms with E-state index in [0.29, 0.717) is 27.7 Å². The van der Waals surface area contributed by atoms with Crippen molar-refractivity contribution in [1.82, 2.24) is 30.1 Å². The fourth-order valence-corrected chi connectivity index (χ4v) is 2.39. The van der Waals surface area contributed by atoms with Gasteiger partial charge in [0.2, 0.25) is 0 Å². The molecule has 0 saturated heterocycles. The summed E-state index contributed by atoms with van der Waals surface area (Å²) in [7, 11) is 0. The van der Waals surface area contributed by atoms with Crippen molar-refractivity contribution in [2.75, 3.05) is 5.32 Å². The van der Waals surface area contributed by atoms with Gasteiger partial charge in [-0.1, -0.05) is 17.7 Å². The van der Waals surface area contributed by atoms with Gasteiger partial charge >= 0.3 is 0 Å². The lowest BCUT2D eigenvalue weighted by Crippen LogP contribution is -1.95. The molecule has 0 fully saturated rings. The SMILES string of the molecule is Clc1cccc(Nc2ncnc3n[nH]c(/N=C/c4cnc[nH]4)c23)c1. The van der Waals surface area contributed by atoms with Crippen molar-refractivity contribution < 1.29 is 0 Å². The van der Waals surface area contributed by atoms with E-state index in [-0.39, 0.29) is 0 Å². The number of aromatic nitrogens is 6. The number of H-pyrrole nitrogens is 2. The third kappa shape index (κ3) is 2.82. The highest BCUT2D eigenvalue weighted by atomic mass is 35.5. The molecule has 9 heteroatoms. The van der Waals surface area contributed by atoms with E-state index in [0.717, 1.165) is 11.4 Å². The summed E-state index contributed by atoms with van der Waals surface area (Å²) < 4.78 is 0. The van der Waals surface area contributed by atoms with Crippen LogP contribution in [0.1, 0.15) is 5.69 Å². The zero-order valence-corrected chi connectivity index (χ0v) is 13.0. The van der Waals surface area contributed by atoms with Crippen LogP contribution in [-0.4, -0.2) is 36.3 Å². The maximum absolute atomic E-state index is 6.02. The Hall–Kier alpha value is -3.26. The minimum absolute atomic E-state index is 0.520. The largest absolute Gasteiger partial charge is 0.344 e. The predicted molar refractivity (Wildman–Crippen MR) is 92.3 cm³/mol. The molecule has 0 radical (unpaired) electrons. The Morgan fingerprint density at radius 2 is 2.21 bits per heavy atom. The number of nitrogens with zero attached hydrogens (tertiary/aromatic N) is 5. The summed E-state index contributed by atoms with van der Waals surface area (Å²) in [5.41, 5.74) is 2.11. The Morgan fingerprint density at radius 1 is 1.25 bits per heavy atom. The van der Waals surface area contributed by atoms with Crippen LogP contribution in [0.25, 0.3) is 11.0 Å². The average molecular weight is 339 g/mol. The van der Waals surface area contributed by atoms with Gasteiger partial charge in [-0.3, -0.25) is 5.10 Å². The number of fused-ring (bicyclic) bond motifs is 1. The Kier molecular flexibility index (Phi) is 3.64. The van der Waals surface area contributed by atoms with Crippen LogP contribution in [-0.2, 0) is 0 Å². The summed E-state index contributed by atoms with van der Waals surface area (Å²) in [6.07, 6.45) is 6.35. The molecule has 3 heterocycles. The molecular weight excluding hydrogens is 328 g/mol. The van der Waals surface area contributed by atoms with Crippen LogP contribution in [0, 0.1) is 0 Å². The van der Waals surface area contributed by atoms with Gasteiger partial charge in [-0.05, 0) is 18.2 Å². The molecule has 4 aromatic rings. The summed E-state index contributed by atoms with van der Waals surface area (Å²) in [5.74, 6) is 1.14. The number of hydrogen-bond donors (Lipinski definition) is 3. The lowest BCUT2D eigenvalue weighted by atomic mass is 10.3. The molecule has 118 valence electrons. The molecule has 0 amide bonds. The molecule has 0 aliphatic heterocycles. The van der Waals surface area contributed by atoms with Gasteiger partial charge in [0.05, 0.1) is 24.4 Å². The Balaban J connectivity index is 1.74. The highest BCUT2D eigenvalue weighted by Crippen LogP contribution is 2.30. The molecule has 0 saturated carbocycles. The number of hydrogen-bond acceptors (Lipinski definition) is 6. The fraction of sp³-hybridized carbons (Fsp3) is 0. The molecule has 0 atom stereocenters.